The summed E-state index contributed by atoms with van der Waals surface area (Å²) >= 11 is 6.07. The van der Waals surface area contributed by atoms with Gasteiger partial charge in [0, 0.05) is 5.02 Å². The minimum atomic E-state index is -0.0325. The van der Waals surface area contributed by atoms with Gasteiger partial charge < -0.3 is 0 Å². The molecule has 14 heavy (non-hydrogen) atoms. The van der Waals surface area contributed by atoms with Crippen LogP contribution in [0, 0.1) is 0 Å². The Kier molecular flexibility index (Phi) is 2.67. The molecule has 0 heterocycles. The number of halogens is 1. The Bertz CT molecular complexity index is 396. The van der Waals surface area contributed by atoms with Crippen LogP contribution in [0.2, 0.25) is 5.02 Å². The first-order chi connectivity index (χ1) is 6.83. The van der Waals surface area contributed by atoms with Crippen molar-refractivity contribution in [3.05, 3.63) is 34.3 Å². The quantitative estimate of drug-likeness (QED) is 0.514. The van der Waals surface area contributed by atoms with Gasteiger partial charge in [-0.1, -0.05) is 23.7 Å². The topological polar surface area (TPSA) is 29.4 Å². The molecule has 1 atom stereocenters. The molecule has 0 aliphatic heterocycles. The number of hydrogen-bond acceptors (Lipinski definition) is 2. The second kappa shape index (κ2) is 3.95. The van der Waals surface area contributed by atoms with Crippen molar-refractivity contribution in [2.24, 2.45) is 4.99 Å². The van der Waals surface area contributed by atoms with Crippen LogP contribution in [0.3, 0.4) is 0 Å². The van der Waals surface area contributed by atoms with Crippen LogP contribution in [-0.4, -0.2) is 6.08 Å². The average molecular weight is 208 g/mol. The van der Waals surface area contributed by atoms with Crippen LogP contribution >= 0.6 is 11.6 Å². The van der Waals surface area contributed by atoms with Gasteiger partial charge in [0.05, 0.1) is 6.04 Å². The van der Waals surface area contributed by atoms with E-state index in [0.717, 1.165) is 35.4 Å². The SMILES string of the molecule is O=C=NC1CCCc2c(Cl)cccc21. The summed E-state index contributed by atoms with van der Waals surface area (Å²) in [5.41, 5.74) is 2.23. The van der Waals surface area contributed by atoms with Gasteiger partial charge >= 0.3 is 0 Å². The van der Waals surface area contributed by atoms with Crippen LogP contribution in [0.25, 0.3) is 0 Å². The Morgan fingerprint density at radius 1 is 1.50 bits per heavy atom. The molecule has 0 fully saturated rings. The van der Waals surface area contributed by atoms with Crippen molar-refractivity contribution >= 4 is 17.7 Å². The van der Waals surface area contributed by atoms with Crippen molar-refractivity contribution < 1.29 is 4.79 Å². The highest BCUT2D eigenvalue weighted by atomic mass is 35.5. The lowest BCUT2D eigenvalue weighted by molar-refractivity contribution is 0.538. The number of fused-ring (bicyclic) bond motifs is 1. The molecular weight excluding hydrogens is 198 g/mol. The summed E-state index contributed by atoms with van der Waals surface area (Å²) < 4.78 is 0. The van der Waals surface area contributed by atoms with Crippen LogP contribution in [0.1, 0.15) is 30.0 Å². The predicted molar refractivity (Wildman–Crippen MR) is 55.3 cm³/mol. The van der Waals surface area contributed by atoms with Crippen molar-refractivity contribution in [3.8, 4) is 0 Å². The van der Waals surface area contributed by atoms with Crippen molar-refractivity contribution in [1.29, 1.82) is 0 Å². The van der Waals surface area contributed by atoms with E-state index in [1.165, 1.54) is 0 Å². The number of carbonyl (C=O) groups excluding carboxylic acids is 1. The lowest BCUT2D eigenvalue weighted by atomic mass is 9.88. The zero-order chi connectivity index (χ0) is 9.97. The summed E-state index contributed by atoms with van der Waals surface area (Å²) in [5, 5.41) is 0.785. The van der Waals surface area contributed by atoms with Crippen LogP contribution in [-0.2, 0) is 11.2 Å². The zero-order valence-corrected chi connectivity index (χ0v) is 8.42. The Morgan fingerprint density at radius 3 is 3.14 bits per heavy atom. The smallest absolute Gasteiger partial charge is 0.211 e. The van der Waals surface area contributed by atoms with Crippen molar-refractivity contribution in [3.63, 3.8) is 0 Å². The standard InChI is InChI=1S/C11H10ClNO/c12-10-5-1-4-9-8(10)3-2-6-11(9)13-7-14/h1,4-5,11H,2-3,6H2. The van der Waals surface area contributed by atoms with Crippen molar-refractivity contribution in [2.75, 3.05) is 0 Å². The number of rotatable bonds is 1. The highest BCUT2D eigenvalue weighted by Gasteiger charge is 2.20. The summed E-state index contributed by atoms with van der Waals surface area (Å²) in [5.74, 6) is 0. The maximum atomic E-state index is 10.2. The summed E-state index contributed by atoms with van der Waals surface area (Å²) in [6.45, 7) is 0. The molecule has 0 radical (unpaired) electrons. The van der Waals surface area contributed by atoms with E-state index >= 15 is 0 Å². The number of hydrogen-bond donors (Lipinski definition) is 0. The third-order valence-electron chi connectivity index (χ3n) is 2.63. The normalized spacial score (nSPS) is 19.6. The second-order valence-corrected chi connectivity index (χ2v) is 3.84. The molecule has 0 saturated heterocycles. The highest BCUT2D eigenvalue weighted by Crippen LogP contribution is 2.35. The number of isocyanates is 1. The van der Waals surface area contributed by atoms with Gasteiger partial charge in [-0.25, -0.2) is 4.79 Å². The molecule has 1 unspecified atom stereocenters. The first-order valence-electron chi connectivity index (χ1n) is 4.67. The van der Waals surface area contributed by atoms with E-state index in [1.54, 1.807) is 6.08 Å². The molecule has 0 spiro atoms. The molecule has 0 amide bonds. The maximum Gasteiger partial charge on any atom is 0.235 e. The third-order valence-corrected chi connectivity index (χ3v) is 2.98. The van der Waals surface area contributed by atoms with E-state index in [0.29, 0.717) is 0 Å². The number of nitrogens with zero attached hydrogens (tertiary/aromatic N) is 1. The molecule has 72 valence electrons. The Morgan fingerprint density at radius 2 is 2.36 bits per heavy atom. The van der Waals surface area contributed by atoms with Gasteiger partial charge in [-0.3, -0.25) is 0 Å². The van der Waals surface area contributed by atoms with E-state index in [-0.39, 0.29) is 6.04 Å². The maximum absolute atomic E-state index is 10.2. The van der Waals surface area contributed by atoms with Gasteiger partial charge in [0.25, 0.3) is 0 Å². The van der Waals surface area contributed by atoms with Gasteiger partial charge in [0.15, 0.2) is 0 Å². The Balaban J connectivity index is 2.49. The first-order valence-corrected chi connectivity index (χ1v) is 5.05. The average Bonchev–Trinajstić information content (AvgIpc) is 2.20. The molecule has 1 aliphatic carbocycles. The van der Waals surface area contributed by atoms with E-state index in [4.69, 9.17) is 11.6 Å². The van der Waals surface area contributed by atoms with Gasteiger partial charge in [0.1, 0.15) is 0 Å². The van der Waals surface area contributed by atoms with Gasteiger partial charge in [0.2, 0.25) is 6.08 Å². The molecule has 0 saturated carbocycles. The lowest BCUT2D eigenvalue weighted by Crippen LogP contribution is -2.08. The fourth-order valence-corrected chi connectivity index (χ4v) is 2.25. The van der Waals surface area contributed by atoms with Crippen molar-refractivity contribution in [1.82, 2.24) is 0 Å². The van der Waals surface area contributed by atoms with Gasteiger partial charge in [-0.05, 0) is 36.5 Å². The third kappa shape index (κ3) is 1.59. The van der Waals surface area contributed by atoms with Crippen LogP contribution in [0.4, 0.5) is 0 Å². The second-order valence-electron chi connectivity index (χ2n) is 3.44. The van der Waals surface area contributed by atoms with Crippen LogP contribution in [0.5, 0.6) is 0 Å². The Labute approximate surface area is 87.6 Å². The molecule has 3 heteroatoms. The predicted octanol–water partition coefficient (Wildman–Crippen LogP) is 3.05. The summed E-state index contributed by atoms with van der Waals surface area (Å²) in [4.78, 5) is 14.0. The zero-order valence-electron chi connectivity index (χ0n) is 7.66. The van der Waals surface area contributed by atoms with E-state index in [9.17, 15) is 4.79 Å². The Hall–Kier alpha value is -1.11. The molecule has 1 aromatic carbocycles. The monoisotopic (exact) mass is 207 g/mol. The fraction of sp³-hybridized carbons (Fsp3) is 0.364. The summed E-state index contributed by atoms with van der Waals surface area (Å²) in [6, 6.07) is 5.74. The van der Waals surface area contributed by atoms with Gasteiger partial charge in [-0.15, -0.1) is 0 Å². The lowest BCUT2D eigenvalue weighted by Gasteiger charge is -2.21. The number of aliphatic imine (C=N–C) groups is 1. The fourth-order valence-electron chi connectivity index (χ4n) is 1.98. The molecular formula is C11H10ClNO. The van der Waals surface area contributed by atoms with E-state index < -0.39 is 0 Å². The molecule has 1 aromatic rings. The van der Waals surface area contributed by atoms with Crippen LogP contribution in [0.15, 0.2) is 23.2 Å². The minimum absolute atomic E-state index is 0.0325. The largest absolute Gasteiger partial charge is 0.235 e. The number of benzene rings is 1. The van der Waals surface area contributed by atoms with Crippen LogP contribution < -0.4 is 0 Å². The highest BCUT2D eigenvalue weighted by molar-refractivity contribution is 6.31. The molecule has 0 bridgehead atoms. The van der Waals surface area contributed by atoms with Crippen molar-refractivity contribution in [2.45, 2.75) is 25.3 Å². The first kappa shape index (κ1) is 9.45. The summed E-state index contributed by atoms with van der Waals surface area (Å²) in [6.07, 6.45) is 4.57. The minimum Gasteiger partial charge on any atom is -0.211 e. The molecule has 1 aliphatic rings. The van der Waals surface area contributed by atoms with E-state index in [1.807, 2.05) is 18.2 Å². The van der Waals surface area contributed by atoms with E-state index in [2.05, 4.69) is 4.99 Å². The molecule has 0 N–H and O–H groups in total. The summed E-state index contributed by atoms with van der Waals surface area (Å²) in [7, 11) is 0. The molecule has 2 rings (SSSR count). The van der Waals surface area contributed by atoms with Gasteiger partial charge in [-0.2, -0.15) is 4.99 Å². The molecule has 2 nitrogen and oxygen atoms in total. The molecule has 0 aromatic heterocycles.